The van der Waals surface area contributed by atoms with E-state index in [9.17, 15) is 4.79 Å². The van der Waals surface area contributed by atoms with Crippen molar-refractivity contribution in [2.45, 2.75) is 77.9 Å². The quantitative estimate of drug-likeness (QED) is 0.812. The lowest BCUT2D eigenvalue weighted by molar-refractivity contribution is 0.0890. The molecule has 1 atom stereocenters. The van der Waals surface area contributed by atoms with Gasteiger partial charge in [0.25, 0.3) is 5.91 Å². The van der Waals surface area contributed by atoms with Crippen LogP contribution in [0.2, 0.25) is 0 Å². The first kappa shape index (κ1) is 19.5. The molecule has 1 amide bonds. The molecule has 1 aliphatic rings. The third-order valence-corrected chi connectivity index (χ3v) is 5.94. The summed E-state index contributed by atoms with van der Waals surface area (Å²) >= 11 is 0. The van der Waals surface area contributed by atoms with E-state index in [-0.39, 0.29) is 17.0 Å². The highest BCUT2D eigenvalue weighted by molar-refractivity contribution is 5.99. The Morgan fingerprint density at radius 3 is 2.52 bits per heavy atom. The molecule has 2 heterocycles. The Labute approximate surface area is 162 Å². The lowest BCUT2D eigenvalue weighted by atomic mass is 9.84. The van der Waals surface area contributed by atoms with Crippen molar-refractivity contribution in [2.75, 3.05) is 5.32 Å². The van der Waals surface area contributed by atoms with Crippen molar-refractivity contribution in [3.63, 3.8) is 0 Å². The number of rotatable bonds is 5. The van der Waals surface area contributed by atoms with E-state index in [1.807, 2.05) is 4.68 Å². The van der Waals surface area contributed by atoms with E-state index in [4.69, 9.17) is 0 Å². The van der Waals surface area contributed by atoms with Crippen LogP contribution in [0.15, 0.2) is 30.5 Å². The Hall–Kier alpha value is -2.30. The maximum Gasteiger partial charge on any atom is 0.257 e. The van der Waals surface area contributed by atoms with Crippen LogP contribution in [0.3, 0.4) is 0 Å². The Bertz CT molecular complexity index is 815. The molecule has 146 valence electrons. The summed E-state index contributed by atoms with van der Waals surface area (Å²) in [5, 5.41) is 11.3. The van der Waals surface area contributed by atoms with Gasteiger partial charge in [0.2, 0.25) is 0 Å². The lowest BCUT2D eigenvalue weighted by Crippen LogP contribution is -2.46. The number of hydrogen-bond donors (Lipinski definition) is 2. The molecule has 0 fully saturated rings. The van der Waals surface area contributed by atoms with Crippen LogP contribution in [0.5, 0.6) is 0 Å². The van der Waals surface area contributed by atoms with Crippen LogP contribution in [0.25, 0.3) is 0 Å². The van der Waals surface area contributed by atoms with Gasteiger partial charge in [-0.3, -0.25) is 4.79 Å². The van der Waals surface area contributed by atoms with Crippen LogP contribution in [-0.4, -0.2) is 21.7 Å². The van der Waals surface area contributed by atoms with Crippen molar-refractivity contribution >= 4 is 11.7 Å². The van der Waals surface area contributed by atoms with Gasteiger partial charge in [0.15, 0.2) is 0 Å². The zero-order valence-electron chi connectivity index (χ0n) is 17.4. The van der Waals surface area contributed by atoms with Crippen molar-refractivity contribution < 1.29 is 4.79 Å². The predicted molar refractivity (Wildman–Crippen MR) is 110 cm³/mol. The number of fused-ring (bicyclic) bond motifs is 1. The predicted octanol–water partition coefficient (Wildman–Crippen LogP) is 4.58. The molecule has 5 heteroatoms. The standard InChI is InChI=1S/C22H32N4O/c1-7-22(8-2,17-11-9-15(3)10-12-17)25-20(27)18-14-23-26-19(18)24-16(4)13-21(26,5)6/h9-12,14,16,24H,7-8,13H2,1-6H3,(H,25,27)/t16-/m0/s1. The first-order valence-electron chi connectivity index (χ1n) is 9.97. The summed E-state index contributed by atoms with van der Waals surface area (Å²) < 4.78 is 1.95. The SMILES string of the molecule is CCC(CC)(NC(=O)c1cnn2c1N[C@@H](C)CC2(C)C)c1ccc(C)cc1. The number of aryl methyl sites for hydroxylation is 1. The highest BCUT2D eigenvalue weighted by atomic mass is 16.1. The van der Waals surface area contributed by atoms with Gasteiger partial charge < -0.3 is 10.6 Å². The molecule has 5 nitrogen and oxygen atoms in total. The minimum Gasteiger partial charge on any atom is -0.367 e. The highest BCUT2D eigenvalue weighted by Crippen LogP contribution is 2.35. The van der Waals surface area contributed by atoms with Crippen molar-refractivity contribution in [1.82, 2.24) is 15.1 Å². The minimum absolute atomic E-state index is 0.0714. The highest BCUT2D eigenvalue weighted by Gasteiger charge is 2.36. The summed E-state index contributed by atoms with van der Waals surface area (Å²) in [5.41, 5.74) is 2.50. The molecule has 2 aromatic rings. The molecular weight excluding hydrogens is 336 g/mol. The van der Waals surface area contributed by atoms with E-state index in [0.29, 0.717) is 11.6 Å². The number of aromatic nitrogens is 2. The number of amides is 1. The third kappa shape index (κ3) is 3.47. The molecule has 0 saturated carbocycles. The summed E-state index contributed by atoms with van der Waals surface area (Å²) in [5.74, 6) is 0.749. The normalized spacial score (nSPS) is 18.5. The zero-order valence-corrected chi connectivity index (χ0v) is 17.4. The number of benzene rings is 1. The second-order valence-corrected chi connectivity index (χ2v) is 8.49. The molecule has 0 aliphatic carbocycles. The summed E-state index contributed by atoms with van der Waals surface area (Å²) in [6.07, 6.45) is 4.33. The molecule has 0 radical (unpaired) electrons. The van der Waals surface area contributed by atoms with Gasteiger partial charge in [-0.25, -0.2) is 4.68 Å². The smallest absolute Gasteiger partial charge is 0.257 e. The molecule has 0 unspecified atom stereocenters. The Morgan fingerprint density at radius 1 is 1.30 bits per heavy atom. The van der Waals surface area contributed by atoms with E-state index in [1.165, 1.54) is 5.56 Å². The van der Waals surface area contributed by atoms with Crippen LogP contribution < -0.4 is 10.6 Å². The van der Waals surface area contributed by atoms with Gasteiger partial charge in [-0.2, -0.15) is 5.10 Å². The fourth-order valence-electron chi connectivity index (χ4n) is 4.30. The van der Waals surface area contributed by atoms with E-state index in [1.54, 1.807) is 6.20 Å². The van der Waals surface area contributed by atoms with E-state index in [2.05, 4.69) is 81.5 Å². The Morgan fingerprint density at radius 2 is 1.93 bits per heavy atom. The van der Waals surface area contributed by atoms with Gasteiger partial charge >= 0.3 is 0 Å². The maximum atomic E-state index is 13.3. The molecule has 0 bridgehead atoms. The Balaban J connectivity index is 1.94. The Kier molecular flexibility index (Phi) is 5.06. The van der Waals surface area contributed by atoms with Crippen molar-refractivity contribution in [3.05, 3.63) is 47.2 Å². The van der Waals surface area contributed by atoms with E-state index >= 15 is 0 Å². The van der Waals surface area contributed by atoms with Crippen LogP contribution in [-0.2, 0) is 11.1 Å². The molecule has 2 N–H and O–H groups in total. The number of nitrogens with one attached hydrogen (secondary N) is 2. The zero-order chi connectivity index (χ0) is 19.8. The van der Waals surface area contributed by atoms with Crippen molar-refractivity contribution in [1.29, 1.82) is 0 Å². The fourth-order valence-corrected chi connectivity index (χ4v) is 4.30. The number of nitrogens with zero attached hydrogens (tertiary/aromatic N) is 2. The summed E-state index contributed by atoms with van der Waals surface area (Å²) in [4.78, 5) is 13.3. The molecule has 3 rings (SSSR count). The average Bonchev–Trinajstić information content (AvgIpc) is 3.04. The number of carbonyl (C=O) groups excluding carboxylic acids is 1. The van der Waals surface area contributed by atoms with Gasteiger partial charge in [-0.05, 0) is 52.5 Å². The summed E-state index contributed by atoms with van der Waals surface area (Å²) in [6.45, 7) is 12.8. The minimum atomic E-state index is -0.380. The average molecular weight is 369 g/mol. The number of anilines is 1. The summed E-state index contributed by atoms with van der Waals surface area (Å²) in [6, 6.07) is 8.76. The van der Waals surface area contributed by atoms with E-state index < -0.39 is 0 Å². The molecule has 1 aromatic heterocycles. The topological polar surface area (TPSA) is 59.0 Å². The van der Waals surface area contributed by atoms with Crippen molar-refractivity contribution in [3.8, 4) is 0 Å². The first-order chi connectivity index (χ1) is 12.7. The largest absolute Gasteiger partial charge is 0.367 e. The van der Waals surface area contributed by atoms with Crippen LogP contribution in [0.1, 0.15) is 75.4 Å². The second kappa shape index (κ2) is 7.02. The van der Waals surface area contributed by atoms with Crippen LogP contribution in [0.4, 0.5) is 5.82 Å². The van der Waals surface area contributed by atoms with E-state index in [0.717, 1.165) is 30.6 Å². The maximum absolute atomic E-state index is 13.3. The molecule has 27 heavy (non-hydrogen) atoms. The molecule has 1 aromatic carbocycles. The fraction of sp³-hybridized carbons (Fsp3) is 0.545. The van der Waals surface area contributed by atoms with Crippen LogP contribution in [0, 0.1) is 6.92 Å². The third-order valence-electron chi connectivity index (χ3n) is 5.94. The van der Waals surface area contributed by atoms with Gasteiger partial charge in [0.1, 0.15) is 11.4 Å². The van der Waals surface area contributed by atoms with Gasteiger partial charge in [-0.1, -0.05) is 43.7 Å². The first-order valence-corrected chi connectivity index (χ1v) is 9.97. The monoisotopic (exact) mass is 368 g/mol. The molecular formula is C22H32N4O. The molecule has 0 spiro atoms. The summed E-state index contributed by atoms with van der Waals surface area (Å²) in [7, 11) is 0. The van der Waals surface area contributed by atoms with Crippen molar-refractivity contribution in [2.24, 2.45) is 0 Å². The second-order valence-electron chi connectivity index (χ2n) is 8.49. The lowest BCUT2D eigenvalue weighted by Gasteiger charge is -2.37. The van der Waals surface area contributed by atoms with Gasteiger partial charge in [0.05, 0.1) is 17.3 Å². The molecule has 1 aliphatic heterocycles. The number of hydrogen-bond acceptors (Lipinski definition) is 3. The van der Waals surface area contributed by atoms with Gasteiger partial charge in [-0.15, -0.1) is 0 Å². The number of carbonyl (C=O) groups is 1. The molecule has 0 saturated heterocycles. The van der Waals surface area contributed by atoms with Gasteiger partial charge in [0, 0.05) is 6.04 Å². The van der Waals surface area contributed by atoms with Crippen LogP contribution >= 0.6 is 0 Å².